The highest BCUT2D eigenvalue weighted by atomic mass is 32.2. The van der Waals surface area contributed by atoms with Crippen molar-refractivity contribution in [3.05, 3.63) is 23.8 Å². The van der Waals surface area contributed by atoms with Gasteiger partial charge in [0.25, 0.3) is 0 Å². The van der Waals surface area contributed by atoms with Crippen LogP contribution in [0.15, 0.2) is 18.2 Å². The van der Waals surface area contributed by atoms with E-state index >= 15 is 0 Å². The van der Waals surface area contributed by atoms with E-state index in [2.05, 4.69) is 10.0 Å². The number of nitrogens with one attached hydrogen (secondary N) is 2. The number of Topliss-reactive ketones (excluding diaryl/α,β-unsaturated/α-hetero) is 1. The van der Waals surface area contributed by atoms with E-state index in [1.807, 2.05) is 0 Å². The summed E-state index contributed by atoms with van der Waals surface area (Å²) in [5.41, 5.74) is 7.35. The zero-order valence-electron chi connectivity index (χ0n) is 10.4. The number of ketones is 1. The number of carbonyl (C=O) groups is 1. The summed E-state index contributed by atoms with van der Waals surface area (Å²) in [5.74, 6) is -0.0854. The first-order chi connectivity index (χ1) is 8.29. The SMILES string of the molecule is CC(=O)c1ccc(NCCNS(C)(=O)=O)cc1N. The molecule has 0 amide bonds. The summed E-state index contributed by atoms with van der Waals surface area (Å²) in [6, 6.07) is 5.02. The first-order valence-electron chi connectivity index (χ1n) is 5.38. The van der Waals surface area contributed by atoms with Crippen molar-refractivity contribution in [2.75, 3.05) is 30.4 Å². The Bertz CT molecular complexity index is 540. The summed E-state index contributed by atoms with van der Waals surface area (Å²) in [4.78, 5) is 11.2. The molecule has 0 aliphatic heterocycles. The number of anilines is 2. The maximum absolute atomic E-state index is 11.2. The average molecular weight is 271 g/mol. The van der Waals surface area contributed by atoms with Crippen molar-refractivity contribution in [2.45, 2.75) is 6.92 Å². The van der Waals surface area contributed by atoms with Gasteiger partial charge in [0.15, 0.2) is 5.78 Å². The summed E-state index contributed by atoms with van der Waals surface area (Å²) in [6.07, 6.45) is 1.10. The number of sulfonamides is 1. The van der Waals surface area contributed by atoms with Gasteiger partial charge in [-0.05, 0) is 25.1 Å². The van der Waals surface area contributed by atoms with E-state index in [4.69, 9.17) is 5.73 Å². The number of benzene rings is 1. The summed E-state index contributed by atoms with van der Waals surface area (Å²) >= 11 is 0. The Labute approximate surface area is 107 Å². The predicted molar refractivity (Wildman–Crippen MR) is 72.2 cm³/mol. The first kappa shape index (κ1) is 14.5. The lowest BCUT2D eigenvalue weighted by atomic mass is 10.1. The van der Waals surface area contributed by atoms with E-state index in [-0.39, 0.29) is 12.3 Å². The van der Waals surface area contributed by atoms with Crippen LogP contribution in [0.5, 0.6) is 0 Å². The lowest BCUT2D eigenvalue weighted by Gasteiger charge is -2.09. The van der Waals surface area contributed by atoms with Crippen LogP contribution in [0.4, 0.5) is 11.4 Å². The maximum Gasteiger partial charge on any atom is 0.208 e. The van der Waals surface area contributed by atoms with Gasteiger partial charge in [0.05, 0.1) is 6.26 Å². The molecule has 0 heterocycles. The van der Waals surface area contributed by atoms with Gasteiger partial charge < -0.3 is 11.1 Å². The molecule has 0 saturated carbocycles. The van der Waals surface area contributed by atoms with Gasteiger partial charge >= 0.3 is 0 Å². The van der Waals surface area contributed by atoms with E-state index in [9.17, 15) is 13.2 Å². The van der Waals surface area contributed by atoms with Crippen LogP contribution in [0.3, 0.4) is 0 Å². The van der Waals surface area contributed by atoms with Crippen molar-refractivity contribution in [3.8, 4) is 0 Å². The van der Waals surface area contributed by atoms with Gasteiger partial charge in [-0.25, -0.2) is 13.1 Å². The Kier molecular flexibility index (Phi) is 4.69. The van der Waals surface area contributed by atoms with Crippen LogP contribution in [-0.2, 0) is 10.0 Å². The number of nitrogen functional groups attached to an aromatic ring is 1. The zero-order chi connectivity index (χ0) is 13.8. The number of nitrogens with two attached hydrogens (primary N) is 1. The highest BCUT2D eigenvalue weighted by molar-refractivity contribution is 7.88. The van der Waals surface area contributed by atoms with Crippen molar-refractivity contribution in [1.29, 1.82) is 0 Å². The molecule has 1 aromatic carbocycles. The Hall–Kier alpha value is -1.60. The second-order valence-electron chi connectivity index (χ2n) is 3.95. The highest BCUT2D eigenvalue weighted by Gasteiger charge is 2.05. The van der Waals surface area contributed by atoms with Crippen molar-refractivity contribution in [3.63, 3.8) is 0 Å². The van der Waals surface area contributed by atoms with Crippen molar-refractivity contribution in [1.82, 2.24) is 4.72 Å². The molecule has 18 heavy (non-hydrogen) atoms. The number of hydrogen-bond donors (Lipinski definition) is 3. The number of hydrogen-bond acceptors (Lipinski definition) is 5. The molecule has 0 radical (unpaired) electrons. The molecule has 4 N–H and O–H groups in total. The molecule has 1 rings (SSSR count). The minimum absolute atomic E-state index is 0.0854. The van der Waals surface area contributed by atoms with Gasteiger partial charge in [0.2, 0.25) is 10.0 Å². The normalized spacial score (nSPS) is 11.2. The second kappa shape index (κ2) is 5.83. The molecule has 0 aliphatic carbocycles. The van der Waals surface area contributed by atoms with E-state index in [0.717, 1.165) is 11.9 Å². The first-order valence-corrected chi connectivity index (χ1v) is 7.28. The van der Waals surface area contributed by atoms with Crippen molar-refractivity contribution >= 4 is 27.2 Å². The molecule has 0 aliphatic rings. The Morgan fingerprint density at radius 3 is 2.50 bits per heavy atom. The smallest absolute Gasteiger partial charge is 0.208 e. The summed E-state index contributed by atoms with van der Waals surface area (Å²) < 4.78 is 24.0. The molecule has 0 bridgehead atoms. The number of rotatable bonds is 6. The van der Waals surface area contributed by atoms with Crippen molar-refractivity contribution in [2.24, 2.45) is 0 Å². The zero-order valence-corrected chi connectivity index (χ0v) is 11.2. The minimum atomic E-state index is -3.16. The molecule has 100 valence electrons. The highest BCUT2D eigenvalue weighted by Crippen LogP contribution is 2.18. The third kappa shape index (κ3) is 4.72. The fourth-order valence-electron chi connectivity index (χ4n) is 1.44. The quantitative estimate of drug-likeness (QED) is 0.396. The molecule has 0 spiro atoms. The van der Waals surface area contributed by atoms with Crippen molar-refractivity contribution < 1.29 is 13.2 Å². The molecule has 7 heteroatoms. The fraction of sp³-hybridized carbons (Fsp3) is 0.364. The van der Waals surface area contributed by atoms with Gasteiger partial charge in [-0.2, -0.15) is 0 Å². The predicted octanol–water partition coefficient (Wildman–Crippen LogP) is 0.433. The van der Waals surface area contributed by atoms with E-state index < -0.39 is 10.0 Å². The van der Waals surface area contributed by atoms with E-state index in [0.29, 0.717) is 17.8 Å². The largest absolute Gasteiger partial charge is 0.398 e. The van der Waals surface area contributed by atoms with Crippen LogP contribution in [0.2, 0.25) is 0 Å². The third-order valence-corrected chi connectivity index (χ3v) is 2.98. The maximum atomic E-state index is 11.2. The van der Waals surface area contributed by atoms with E-state index in [1.165, 1.54) is 6.92 Å². The second-order valence-corrected chi connectivity index (χ2v) is 5.78. The molecular formula is C11H17N3O3S. The van der Waals surface area contributed by atoms with Crippen LogP contribution in [0.1, 0.15) is 17.3 Å². The molecule has 6 nitrogen and oxygen atoms in total. The Morgan fingerprint density at radius 1 is 1.33 bits per heavy atom. The monoisotopic (exact) mass is 271 g/mol. The standard InChI is InChI=1S/C11H17N3O3S/c1-8(15)10-4-3-9(7-11(10)12)13-5-6-14-18(2,16)17/h3-4,7,13-14H,5-6,12H2,1-2H3. The van der Waals surface area contributed by atoms with Gasteiger partial charge in [-0.3, -0.25) is 4.79 Å². The van der Waals surface area contributed by atoms with Crippen LogP contribution in [-0.4, -0.2) is 33.5 Å². The van der Waals surface area contributed by atoms with Gasteiger partial charge in [-0.1, -0.05) is 0 Å². The molecule has 1 aromatic rings. The van der Waals surface area contributed by atoms with Gasteiger partial charge in [0, 0.05) is 30.0 Å². The Balaban J connectivity index is 2.54. The van der Waals surface area contributed by atoms with Crippen LogP contribution in [0, 0.1) is 0 Å². The summed E-state index contributed by atoms with van der Waals surface area (Å²) in [5, 5.41) is 3.01. The topological polar surface area (TPSA) is 101 Å². The van der Waals surface area contributed by atoms with Crippen LogP contribution >= 0.6 is 0 Å². The molecule has 0 aromatic heterocycles. The van der Waals surface area contributed by atoms with Gasteiger partial charge in [-0.15, -0.1) is 0 Å². The number of carbonyl (C=O) groups excluding carboxylic acids is 1. The summed E-state index contributed by atoms with van der Waals surface area (Å²) in [6.45, 7) is 2.17. The molecule has 0 saturated heterocycles. The lowest BCUT2D eigenvalue weighted by molar-refractivity contribution is 0.101. The average Bonchev–Trinajstić information content (AvgIpc) is 2.22. The van der Waals surface area contributed by atoms with Gasteiger partial charge in [0.1, 0.15) is 0 Å². The lowest BCUT2D eigenvalue weighted by Crippen LogP contribution is -2.27. The minimum Gasteiger partial charge on any atom is -0.398 e. The summed E-state index contributed by atoms with van der Waals surface area (Å²) in [7, 11) is -3.16. The molecule has 0 unspecified atom stereocenters. The van der Waals surface area contributed by atoms with Crippen LogP contribution < -0.4 is 15.8 Å². The van der Waals surface area contributed by atoms with Crippen LogP contribution in [0.25, 0.3) is 0 Å². The van der Waals surface area contributed by atoms with E-state index in [1.54, 1.807) is 18.2 Å². The molecule has 0 fully saturated rings. The molecule has 0 atom stereocenters. The molecular weight excluding hydrogens is 254 g/mol. The Morgan fingerprint density at radius 2 is 2.00 bits per heavy atom. The fourth-order valence-corrected chi connectivity index (χ4v) is 1.91. The third-order valence-electron chi connectivity index (χ3n) is 2.25.